The first kappa shape index (κ1) is 12.9. The van der Waals surface area contributed by atoms with Crippen LogP contribution in [0.3, 0.4) is 0 Å². The number of nitrogens with one attached hydrogen (secondary N) is 1. The fourth-order valence-electron chi connectivity index (χ4n) is 1.08. The van der Waals surface area contributed by atoms with E-state index in [1.807, 2.05) is 0 Å². The molecule has 0 aromatic carbocycles. The molecule has 0 atom stereocenters. The van der Waals surface area contributed by atoms with Gasteiger partial charge in [-0.3, -0.25) is 4.72 Å². The Morgan fingerprint density at radius 2 is 2.25 bits per heavy atom. The van der Waals surface area contributed by atoms with Crippen LogP contribution in [0.4, 0.5) is 5.00 Å². The fraction of sp³-hybridized carbons (Fsp3) is 0.375. The molecule has 0 bridgehead atoms. The van der Waals surface area contributed by atoms with Crippen LogP contribution in [0.2, 0.25) is 0 Å². The van der Waals surface area contributed by atoms with Crippen LogP contribution in [0.5, 0.6) is 0 Å². The molecule has 0 saturated heterocycles. The maximum Gasteiger partial charge on any atom is 0.341 e. The molecule has 0 spiro atoms. The predicted octanol–water partition coefficient (Wildman–Crippen LogP) is 0.849. The number of nitrogens with two attached hydrogens (primary N) is 1. The van der Waals surface area contributed by atoms with E-state index < -0.39 is 16.2 Å². The van der Waals surface area contributed by atoms with Crippen LogP contribution in [-0.4, -0.2) is 21.0 Å². The third-order valence-electron chi connectivity index (χ3n) is 1.59. The summed E-state index contributed by atoms with van der Waals surface area (Å²) in [4.78, 5) is 12.3. The Bertz CT molecular complexity index is 492. The number of rotatable bonds is 4. The molecule has 1 aromatic rings. The summed E-state index contributed by atoms with van der Waals surface area (Å²) in [5, 5.41) is 5.01. The molecule has 3 N–H and O–H groups in total. The van der Waals surface area contributed by atoms with E-state index in [1.54, 1.807) is 19.9 Å². The topological polar surface area (TPSA) is 98.5 Å². The summed E-state index contributed by atoms with van der Waals surface area (Å²) in [6, 6.07) is 1.55. The number of thiophene rings is 1. The lowest BCUT2D eigenvalue weighted by Gasteiger charge is -2.04. The van der Waals surface area contributed by atoms with Crippen molar-refractivity contribution in [3.05, 3.63) is 16.5 Å². The lowest BCUT2D eigenvalue weighted by atomic mass is 10.3. The largest absolute Gasteiger partial charge is 0.462 e. The van der Waals surface area contributed by atoms with Gasteiger partial charge in [-0.05, 0) is 19.9 Å². The van der Waals surface area contributed by atoms with Crippen molar-refractivity contribution in [3.8, 4) is 0 Å². The van der Waals surface area contributed by atoms with E-state index in [1.165, 1.54) is 0 Å². The van der Waals surface area contributed by atoms with Crippen molar-refractivity contribution in [2.75, 3.05) is 11.3 Å². The molecule has 1 rings (SSSR count). The van der Waals surface area contributed by atoms with Crippen molar-refractivity contribution in [3.63, 3.8) is 0 Å². The van der Waals surface area contributed by atoms with Crippen molar-refractivity contribution < 1.29 is 17.9 Å². The molecule has 0 fully saturated rings. The molecule has 6 nitrogen and oxygen atoms in total. The third kappa shape index (κ3) is 3.47. The van der Waals surface area contributed by atoms with E-state index in [0.29, 0.717) is 0 Å². The molecule has 16 heavy (non-hydrogen) atoms. The van der Waals surface area contributed by atoms with E-state index >= 15 is 0 Å². The second kappa shape index (κ2) is 4.81. The van der Waals surface area contributed by atoms with Gasteiger partial charge in [0.05, 0.1) is 12.2 Å². The predicted molar refractivity (Wildman–Crippen MR) is 61.7 cm³/mol. The molecule has 0 aliphatic rings. The average Bonchev–Trinajstić information content (AvgIpc) is 2.44. The molecule has 0 saturated carbocycles. The minimum atomic E-state index is -3.88. The Labute approximate surface area is 97.6 Å². The molecular formula is C8H12N2O4S2. The van der Waals surface area contributed by atoms with Gasteiger partial charge >= 0.3 is 5.97 Å². The number of anilines is 1. The molecular weight excluding hydrogens is 252 g/mol. The van der Waals surface area contributed by atoms with Gasteiger partial charge in [-0.15, -0.1) is 11.3 Å². The second-order valence-electron chi connectivity index (χ2n) is 2.97. The zero-order chi connectivity index (χ0) is 12.3. The van der Waals surface area contributed by atoms with Gasteiger partial charge < -0.3 is 4.74 Å². The lowest BCUT2D eigenvalue weighted by molar-refractivity contribution is 0.0528. The van der Waals surface area contributed by atoms with E-state index in [0.717, 1.165) is 16.2 Å². The molecule has 0 amide bonds. The van der Waals surface area contributed by atoms with Gasteiger partial charge in [0, 0.05) is 4.88 Å². The Balaban J connectivity index is 3.05. The number of aryl methyl sites for hydroxylation is 1. The van der Waals surface area contributed by atoms with Crippen molar-refractivity contribution in [1.29, 1.82) is 0 Å². The van der Waals surface area contributed by atoms with Crippen molar-refractivity contribution in [1.82, 2.24) is 0 Å². The first-order chi connectivity index (χ1) is 7.33. The van der Waals surface area contributed by atoms with Crippen molar-refractivity contribution >= 4 is 32.5 Å². The van der Waals surface area contributed by atoms with Crippen LogP contribution in [0.15, 0.2) is 6.07 Å². The molecule has 0 radical (unpaired) electrons. The highest BCUT2D eigenvalue weighted by atomic mass is 32.2. The summed E-state index contributed by atoms with van der Waals surface area (Å²) >= 11 is 1.12. The molecule has 1 aromatic heterocycles. The van der Waals surface area contributed by atoms with Crippen LogP contribution in [0.25, 0.3) is 0 Å². The smallest absolute Gasteiger partial charge is 0.341 e. The van der Waals surface area contributed by atoms with Gasteiger partial charge in [0.25, 0.3) is 10.2 Å². The molecule has 8 heteroatoms. The Morgan fingerprint density at radius 1 is 1.62 bits per heavy atom. The lowest BCUT2D eigenvalue weighted by Crippen LogP contribution is -2.22. The molecule has 90 valence electrons. The molecule has 1 heterocycles. The van der Waals surface area contributed by atoms with Gasteiger partial charge in [-0.1, -0.05) is 0 Å². The van der Waals surface area contributed by atoms with E-state index in [4.69, 9.17) is 9.88 Å². The number of hydrogen-bond donors (Lipinski definition) is 2. The van der Waals surface area contributed by atoms with Crippen LogP contribution >= 0.6 is 11.3 Å². The molecule has 0 aliphatic heterocycles. The number of esters is 1. The summed E-state index contributed by atoms with van der Waals surface area (Å²) < 4.78 is 28.6. The fourth-order valence-corrected chi connectivity index (χ4v) is 2.71. The summed E-state index contributed by atoms with van der Waals surface area (Å²) in [7, 11) is -3.88. The van der Waals surface area contributed by atoms with Gasteiger partial charge in [0.15, 0.2) is 0 Å². The summed E-state index contributed by atoms with van der Waals surface area (Å²) in [5.41, 5.74) is 0.179. The number of hydrogen-bond acceptors (Lipinski definition) is 5. The highest BCUT2D eigenvalue weighted by molar-refractivity contribution is 7.90. The highest BCUT2D eigenvalue weighted by Crippen LogP contribution is 2.28. The van der Waals surface area contributed by atoms with E-state index in [2.05, 4.69) is 4.72 Å². The first-order valence-electron chi connectivity index (χ1n) is 4.41. The standard InChI is InChI=1S/C8H12N2O4S2/c1-3-14-8(11)6-4-5(2)15-7(6)10-16(9,12)13/h4,10H,3H2,1-2H3,(H2,9,12,13). The normalized spacial score (nSPS) is 11.2. The van der Waals surface area contributed by atoms with Crippen molar-refractivity contribution in [2.45, 2.75) is 13.8 Å². The van der Waals surface area contributed by atoms with Crippen LogP contribution in [0.1, 0.15) is 22.2 Å². The quantitative estimate of drug-likeness (QED) is 0.787. The number of carbonyl (C=O) groups is 1. The third-order valence-corrected chi connectivity index (χ3v) is 3.17. The maximum absolute atomic E-state index is 11.5. The first-order valence-corrected chi connectivity index (χ1v) is 6.78. The summed E-state index contributed by atoms with van der Waals surface area (Å²) in [6.07, 6.45) is 0. The van der Waals surface area contributed by atoms with Gasteiger partial charge in [-0.25, -0.2) is 9.93 Å². The summed E-state index contributed by atoms with van der Waals surface area (Å²) in [5.74, 6) is -0.571. The minimum Gasteiger partial charge on any atom is -0.462 e. The Kier molecular flexibility index (Phi) is 3.89. The zero-order valence-corrected chi connectivity index (χ0v) is 10.4. The maximum atomic E-state index is 11.5. The minimum absolute atomic E-state index is 0.179. The van der Waals surface area contributed by atoms with Gasteiger partial charge in [0.1, 0.15) is 5.00 Å². The summed E-state index contributed by atoms with van der Waals surface area (Å²) in [6.45, 7) is 3.65. The molecule has 0 aliphatic carbocycles. The van der Waals surface area contributed by atoms with Crippen LogP contribution in [-0.2, 0) is 14.9 Å². The Morgan fingerprint density at radius 3 is 2.75 bits per heavy atom. The second-order valence-corrected chi connectivity index (χ2v) is 5.52. The molecule has 0 unspecified atom stereocenters. The van der Waals surface area contributed by atoms with Crippen LogP contribution < -0.4 is 9.86 Å². The van der Waals surface area contributed by atoms with Crippen LogP contribution in [0, 0.1) is 6.92 Å². The highest BCUT2D eigenvalue weighted by Gasteiger charge is 2.18. The number of carbonyl (C=O) groups excluding carboxylic acids is 1. The van der Waals surface area contributed by atoms with Crippen molar-refractivity contribution in [2.24, 2.45) is 5.14 Å². The van der Waals surface area contributed by atoms with E-state index in [-0.39, 0.29) is 17.2 Å². The monoisotopic (exact) mass is 264 g/mol. The van der Waals surface area contributed by atoms with Gasteiger partial charge in [0.2, 0.25) is 0 Å². The van der Waals surface area contributed by atoms with E-state index in [9.17, 15) is 13.2 Å². The zero-order valence-electron chi connectivity index (χ0n) is 8.81. The number of ether oxygens (including phenoxy) is 1. The van der Waals surface area contributed by atoms with Gasteiger partial charge in [-0.2, -0.15) is 8.42 Å². The Hall–Kier alpha value is -1.12. The average molecular weight is 264 g/mol. The SMILES string of the molecule is CCOC(=O)c1cc(C)sc1NS(N)(=O)=O.